The Morgan fingerprint density at radius 2 is 2.16 bits per heavy atom. The van der Waals surface area contributed by atoms with Crippen molar-refractivity contribution in [1.82, 2.24) is 24.9 Å². The van der Waals surface area contributed by atoms with Crippen LogP contribution in [-0.4, -0.2) is 54.0 Å². The van der Waals surface area contributed by atoms with Crippen LogP contribution in [0.1, 0.15) is 35.0 Å². The number of aryl methyl sites for hydroxylation is 1. The zero-order chi connectivity index (χ0) is 20.9. The number of thiophene rings is 1. The molecule has 3 aromatic rings. The Bertz CT molecular complexity index is 983. The van der Waals surface area contributed by atoms with Crippen molar-refractivity contribution in [2.24, 2.45) is 10.9 Å². The molecule has 1 fully saturated rings. The van der Waals surface area contributed by atoms with Gasteiger partial charge >= 0.3 is 0 Å². The van der Waals surface area contributed by atoms with Crippen molar-refractivity contribution in [2.75, 3.05) is 33.7 Å². The van der Waals surface area contributed by atoms with E-state index >= 15 is 0 Å². The minimum absolute atomic E-state index is 0. The van der Waals surface area contributed by atoms with Gasteiger partial charge in [-0.1, -0.05) is 12.1 Å². The smallest absolute Gasteiger partial charge is 0.190 e. The number of hydrogen-bond donors (Lipinski definition) is 2. The van der Waals surface area contributed by atoms with Gasteiger partial charge in [0.25, 0.3) is 0 Å². The second-order valence-corrected chi connectivity index (χ2v) is 9.11. The molecule has 8 heteroatoms. The Morgan fingerprint density at radius 1 is 1.29 bits per heavy atom. The number of guanidine groups is 1. The van der Waals surface area contributed by atoms with Gasteiger partial charge in [-0.05, 0) is 62.4 Å². The summed E-state index contributed by atoms with van der Waals surface area (Å²) in [6.45, 7) is 5.01. The van der Waals surface area contributed by atoms with Gasteiger partial charge in [-0.15, -0.1) is 35.3 Å². The van der Waals surface area contributed by atoms with Crippen LogP contribution in [0.2, 0.25) is 0 Å². The first kappa shape index (κ1) is 24.0. The van der Waals surface area contributed by atoms with Crippen LogP contribution in [0, 0.1) is 12.8 Å². The SMILES string of the molecule is CN=C(NCCc1cn2cccc(C)c2n1)NCC1CCCN(C)C1c1cccs1.I. The summed E-state index contributed by atoms with van der Waals surface area (Å²) in [5.41, 5.74) is 3.34. The average Bonchev–Trinajstić information content (AvgIpc) is 3.41. The lowest BCUT2D eigenvalue weighted by atomic mass is 9.88. The zero-order valence-corrected chi connectivity index (χ0v) is 21.7. The number of pyridine rings is 1. The van der Waals surface area contributed by atoms with Crippen LogP contribution >= 0.6 is 35.3 Å². The van der Waals surface area contributed by atoms with E-state index in [0.29, 0.717) is 12.0 Å². The van der Waals surface area contributed by atoms with Crippen LogP contribution in [0.15, 0.2) is 47.0 Å². The Kier molecular flexibility index (Phi) is 8.74. The lowest BCUT2D eigenvalue weighted by molar-refractivity contribution is 0.125. The molecule has 6 nitrogen and oxygen atoms in total. The molecule has 2 atom stereocenters. The van der Waals surface area contributed by atoms with Gasteiger partial charge in [0.05, 0.1) is 5.69 Å². The first-order valence-electron chi connectivity index (χ1n) is 10.8. The van der Waals surface area contributed by atoms with Crippen molar-refractivity contribution in [3.05, 3.63) is 58.2 Å². The fourth-order valence-corrected chi connectivity index (χ4v) is 5.45. The van der Waals surface area contributed by atoms with E-state index in [1.807, 2.05) is 18.4 Å². The first-order chi connectivity index (χ1) is 14.7. The van der Waals surface area contributed by atoms with Gasteiger partial charge in [0.2, 0.25) is 0 Å². The van der Waals surface area contributed by atoms with Crippen molar-refractivity contribution in [3.8, 4) is 0 Å². The molecule has 0 aromatic carbocycles. The highest BCUT2D eigenvalue weighted by Crippen LogP contribution is 2.36. The standard InChI is InChI=1S/C23H32N6S.HI/c1-17-7-4-13-29-16-19(27-22(17)29)10-11-25-23(24-2)26-15-18-8-5-12-28(3)21(18)20-9-6-14-30-20;/h4,6-7,9,13-14,16,18,21H,5,8,10-12,15H2,1-3H3,(H2,24,25,26);1H. The van der Waals surface area contributed by atoms with Crippen molar-refractivity contribution < 1.29 is 0 Å². The Labute approximate surface area is 206 Å². The van der Waals surface area contributed by atoms with E-state index in [-0.39, 0.29) is 24.0 Å². The van der Waals surface area contributed by atoms with Crippen molar-refractivity contribution in [3.63, 3.8) is 0 Å². The molecule has 1 aliphatic heterocycles. The van der Waals surface area contributed by atoms with E-state index < -0.39 is 0 Å². The van der Waals surface area contributed by atoms with Crippen LogP contribution in [0.3, 0.4) is 0 Å². The molecule has 0 amide bonds. The molecule has 2 N–H and O–H groups in total. The molecular weight excluding hydrogens is 519 g/mol. The summed E-state index contributed by atoms with van der Waals surface area (Å²) >= 11 is 1.87. The summed E-state index contributed by atoms with van der Waals surface area (Å²) in [5.74, 6) is 1.45. The average molecular weight is 553 g/mol. The molecule has 4 rings (SSSR count). The van der Waals surface area contributed by atoms with Gasteiger partial charge in [-0.25, -0.2) is 4.98 Å². The molecule has 168 valence electrons. The van der Waals surface area contributed by atoms with Crippen LogP contribution in [-0.2, 0) is 6.42 Å². The normalized spacial score (nSPS) is 19.9. The predicted octanol–water partition coefficient (Wildman–Crippen LogP) is 4.11. The van der Waals surface area contributed by atoms with Crippen LogP contribution in [0.4, 0.5) is 0 Å². The summed E-state index contributed by atoms with van der Waals surface area (Å²) in [4.78, 5) is 13.2. The maximum atomic E-state index is 4.76. The van der Waals surface area contributed by atoms with E-state index in [1.54, 1.807) is 0 Å². The Hall–Kier alpha value is -1.65. The summed E-state index contributed by atoms with van der Waals surface area (Å²) < 4.78 is 2.10. The monoisotopic (exact) mass is 552 g/mol. The van der Waals surface area contributed by atoms with Gasteiger partial charge in [-0.2, -0.15) is 0 Å². The number of halogens is 1. The predicted molar refractivity (Wildman–Crippen MR) is 141 cm³/mol. The number of nitrogens with zero attached hydrogens (tertiary/aromatic N) is 4. The number of likely N-dealkylation sites (tertiary alicyclic amines) is 1. The zero-order valence-electron chi connectivity index (χ0n) is 18.5. The fraction of sp³-hybridized carbons (Fsp3) is 0.478. The largest absolute Gasteiger partial charge is 0.356 e. The molecular formula is C23H33IN6S. The third-order valence-electron chi connectivity index (χ3n) is 6.00. The van der Waals surface area contributed by atoms with Gasteiger partial charge in [0.15, 0.2) is 5.96 Å². The maximum absolute atomic E-state index is 4.76. The molecule has 1 aliphatic rings. The fourth-order valence-electron chi connectivity index (χ4n) is 4.46. The topological polar surface area (TPSA) is 57.0 Å². The molecule has 31 heavy (non-hydrogen) atoms. The maximum Gasteiger partial charge on any atom is 0.190 e. The summed E-state index contributed by atoms with van der Waals surface area (Å²) in [7, 11) is 4.09. The highest BCUT2D eigenvalue weighted by Gasteiger charge is 2.31. The van der Waals surface area contributed by atoms with E-state index in [4.69, 9.17) is 4.98 Å². The molecule has 0 aliphatic carbocycles. The minimum Gasteiger partial charge on any atom is -0.356 e. The van der Waals surface area contributed by atoms with Crippen molar-refractivity contribution in [2.45, 2.75) is 32.2 Å². The minimum atomic E-state index is 0. The summed E-state index contributed by atoms with van der Waals surface area (Å²) in [5, 5.41) is 9.20. The lowest BCUT2D eigenvalue weighted by Crippen LogP contribution is -2.45. The molecule has 4 heterocycles. The molecule has 0 radical (unpaired) electrons. The van der Waals surface area contributed by atoms with E-state index in [2.05, 4.69) is 80.9 Å². The van der Waals surface area contributed by atoms with Crippen LogP contribution < -0.4 is 10.6 Å². The lowest BCUT2D eigenvalue weighted by Gasteiger charge is -2.39. The van der Waals surface area contributed by atoms with Crippen LogP contribution in [0.5, 0.6) is 0 Å². The summed E-state index contributed by atoms with van der Waals surface area (Å²) in [6.07, 6.45) is 7.54. The Morgan fingerprint density at radius 3 is 2.90 bits per heavy atom. The van der Waals surface area contributed by atoms with E-state index in [1.165, 1.54) is 29.8 Å². The van der Waals surface area contributed by atoms with E-state index in [9.17, 15) is 0 Å². The molecule has 3 aromatic heterocycles. The highest BCUT2D eigenvalue weighted by atomic mass is 127. The second kappa shape index (κ2) is 11.3. The third kappa shape index (κ3) is 5.78. The van der Waals surface area contributed by atoms with Gasteiger partial charge in [-0.3, -0.25) is 9.89 Å². The number of piperidine rings is 1. The van der Waals surface area contributed by atoms with E-state index in [0.717, 1.165) is 36.8 Å². The molecule has 0 bridgehead atoms. The number of rotatable bonds is 6. The van der Waals surface area contributed by atoms with Gasteiger partial charge in [0, 0.05) is 49.9 Å². The first-order valence-corrected chi connectivity index (χ1v) is 11.6. The number of nitrogens with one attached hydrogen (secondary N) is 2. The molecule has 0 spiro atoms. The second-order valence-electron chi connectivity index (χ2n) is 8.13. The van der Waals surface area contributed by atoms with Crippen molar-refractivity contribution >= 4 is 46.9 Å². The Balaban J connectivity index is 0.00000272. The van der Waals surface area contributed by atoms with Gasteiger partial charge in [0.1, 0.15) is 5.65 Å². The highest BCUT2D eigenvalue weighted by molar-refractivity contribution is 14.0. The third-order valence-corrected chi connectivity index (χ3v) is 6.94. The quantitative estimate of drug-likeness (QED) is 0.275. The van der Waals surface area contributed by atoms with Crippen LogP contribution in [0.25, 0.3) is 5.65 Å². The number of fused-ring (bicyclic) bond motifs is 1. The number of imidazole rings is 1. The molecule has 1 saturated heterocycles. The van der Waals surface area contributed by atoms with Gasteiger partial charge < -0.3 is 15.0 Å². The number of hydrogen-bond acceptors (Lipinski definition) is 4. The number of aliphatic imine (C=N–C) groups is 1. The van der Waals surface area contributed by atoms with Crippen molar-refractivity contribution in [1.29, 1.82) is 0 Å². The molecule has 0 saturated carbocycles. The molecule has 2 unspecified atom stereocenters. The number of aromatic nitrogens is 2. The summed E-state index contributed by atoms with van der Waals surface area (Å²) in [6, 6.07) is 9.08.